The molecule has 2 heteroatoms. The zero-order valence-electron chi connectivity index (χ0n) is 25.4. The van der Waals surface area contributed by atoms with Crippen molar-refractivity contribution in [2.45, 2.75) is 143 Å². The van der Waals surface area contributed by atoms with Crippen molar-refractivity contribution in [2.75, 3.05) is 0 Å². The van der Waals surface area contributed by atoms with E-state index in [9.17, 15) is 10.2 Å². The van der Waals surface area contributed by atoms with E-state index >= 15 is 0 Å². The van der Waals surface area contributed by atoms with Gasteiger partial charge >= 0.3 is 0 Å². The summed E-state index contributed by atoms with van der Waals surface area (Å²) in [4.78, 5) is 0. The molecule has 0 radical (unpaired) electrons. The first kappa shape index (κ1) is 30.3. The van der Waals surface area contributed by atoms with Crippen LogP contribution in [-0.2, 0) is 34.5 Å². The molecule has 2 aromatic carbocycles. The lowest BCUT2D eigenvalue weighted by molar-refractivity contribution is 0.415. The molecule has 0 amide bonds. The molecule has 202 valence electrons. The first-order valence-electron chi connectivity index (χ1n) is 14.2. The molecule has 0 bridgehead atoms. The highest BCUT2D eigenvalue weighted by molar-refractivity contribution is 5.54. The molecule has 0 atom stereocenters. The Kier molecular flexibility index (Phi) is 9.08. The van der Waals surface area contributed by atoms with Gasteiger partial charge in [0.15, 0.2) is 0 Å². The van der Waals surface area contributed by atoms with Crippen LogP contribution in [0, 0.1) is 0 Å². The lowest BCUT2D eigenvalue weighted by Gasteiger charge is -2.36. The van der Waals surface area contributed by atoms with Crippen LogP contribution in [-0.4, -0.2) is 10.2 Å². The van der Waals surface area contributed by atoms with Gasteiger partial charge in [-0.3, -0.25) is 0 Å². The number of phenols is 2. The summed E-state index contributed by atoms with van der Waals surface area (Å²) in [6.45, 7) is 27.2. The fourth-order valence-electron chi connectivity index (χ4n) is 5.55. The average Bonchev–Trinajstić information content (AvgIpc) is 2.81. The van der Waals surface area contributed by atoms with E-state index in [1.54, 1.807) is 0 Å². The van der Waals surface area contributed by atoms with Gasteiger partial charge in [-0.25, -0.2) is 0 Å². The first-order chi connectivity index (χ1) is 16.5. The highest BCUT2D eigenvalue weighted by Crippen LogP contribution is 2.45. The molecule has 0 aliphatic heterocycles. The molecule has 0 saturated carbocycles. The Morgan fingerprint density at radius 1 is 0.472 bits per heavy atom. The van der Waals surface area contributed by atoms with Gasteiger partial charge in [-0.1, -0.05) is 95.2 Å². The van der Waals surface area contributed by atoms with Gasteiger partial charge in [0.25, 0.3) is 0 Å². The highest BCUT2D eigenvalue weighted by Gasteiger charge is 2.34. The van der Waals surface area contributed by atoms with Crippen molar-refractivity contribution < 1.29 is 10.2 Å². The van der Waals surface area contributed by atoms with Crippen molar-refractivity contribution in [1.82, 2.24) is 0 Å². The standard InChI is InChI=1S/C34H54O2/c1-13-31(5,6)25-19-21-27(35)29(33(9,10)15-3)23(25)17-18-24-26(32(7,8)14-2)20-22-28(36)30(24)34(11,12)16-4/h19-22,35-36H,13-18H2,1-12H3. The SMILES string of the molecule is CCC(C)(C)c1ccc(O)c(C(C)(C)CC)c1CCc1c(C(C)(C)CC)ccc(O)c1C(C)(C)CC. The normalized spacial score (nSPS) is 13.3. The van der Waals surface area contributed by atoms with Gasteiger partial charge < -0.3 is 10.2 Å². The summed E-state index contributed by atoms with van der Waals surface area (Å²) in [5.74, 6) is 0.818. The van der Waals surface area contributed by atoms with E-state index in [2.05, 4.69) is 95.2 Å². The largest absolute Gasteiger partial charge is 0.508 e. The summed E-state index contributed by atoms with van der Waals surface area (Å²) < 4.78 is 0. The molecule has 36 heavy (non-hydrogen) atoms. The molecule has 2 N–H and O–H groups in total. The number of hydrogen-bond acceptors (Lipinski definition) is 2. The van der Waals surface area contributed by atoms with Gasteiger partial charge in [-0.2, -0.15) is 0 Å². The first-order valence-corrected chi connectivity index (χ1v) is 14.2. The van der Waals surface area contributed by atoms with Crippen LogP contribution in [0.4, 0.5) is 0 Å². The summed E-state index contributed by atoms with van der Waals surface area (Å²) in [7, 11) is 0. The number of rotatable bonds is 11. The number of aromatic hydroxyl groups is 2. The Hall–Kier alpha value is -1.96. The number of hydrogen-bond donors (Lipinski definition) is 2. The van der Waals surface area contributed by atoms with Crippen LogP contribution in [0.3, 0.4) is 0 Å². The monoisotopic (exact) mass is 494 g/mol. The van der Waals surface area contributed by atoms with Gasteiger partial charge in [-0.15, -0.1) is 0 Å². The predicted molar refractivity (Wildman–Crippen MR) is 157 cm³/mol. The van der Waals surface area contributed by atoms with E-state index < -0.39 is 0 Å². The Bertz CT molecular complexity index is 968. The predicted octanol–water partition coefficient (Wildman–Crippen LogP) is 9.63. The molecule has 0 spiro atoms. The van der Waals surface area contributed by atoms with Gasteiger partial charge in [0.1, 0.15) is 11.5 Å². The van der Waals surface area contributed by atoms with Crippen molar-refractivity contribution in [3.05, 3.63) is 57.6 Å². The minimum Gasteiger partial charge on any atom is -0.508 e. The maximum atomic E-state index is 11.2. The van der Waals surface area contributed by atoms with Crippen LogP contribution in [0.15, 0.2) is 24.3 Å². The van der Waals surface area contributed by atoms with E-state index in [4.69, 9.17) is 0 Å². The summed E-state index contributed by atoms with van der Waals surface area (Å²) in [5, 5.41) is 22.3. The maximum absolute atomic E-state index is 11.2. The molecule has 0 aliphatic carbocycles. The van der Waals surface area contributed by atoms with Crippen LogP contribution < -0.4 is 0 Å². The molecule has 0 saturated heterocycles. The maximum Gasteiger partial charge on any atom is 0.119 e. The number of phenolic OH excluding ortho intramolecular Hbond substituents is 2. The van der Waals surface area contributed by atoms with Crippen molar-refractivity contribution in [3.63, 3.8) is 0 Å². The molecule has 2 aromatic rings. The quantitative estimate of drug-likeness (QED) is 0.326. The molecule has 2 rings (SSSR count). The van der Waals surface area contributed by atoms with Crippen LogP contribution in [0.25, 0.3) is 0 Å². The smallest absolute Gasteiger partial charge is 0.119 e. The molecular formula is C34H54O2. The summed E-state index contributed by atoms with van der Waals surface area (Å²) >= 11 is 0. The Balaban J connectivity index is 2.86. The second kappa shape index (κ2) is 10.8. The Morgan fingerprint density at radius 2 is 0.750 bits per heavy atom. The molecule has 2 nitrogen and oxygen atoms in total. The second-order valence-corrected chi connectivity index (χ2v) is 13.4. The number of benzene rings is 2. The Labute approximate surface area is 222 Å². The molecule has 0 aromatic heterocycles. The Morgan fingerprint density at radius 3 is 1.00 bits per heavy atom. The minimum atomic E-state index is -0.130. The van der Waals surface area contributed by atoms with Crippen LogP contribution in [0.2, 0.25) is 0 Å². The van der Waals surface area contributed by atoms with E-state index in [1.165, 1.54) is 22.3 Å². The summed E-state index contributed by atoms with van der Waals surface area (Å²) in [6.07, 6.45) is 5.66. The van der Waals surface area contributed by atoms with Crippen molar-refractivity contribution >= 4 is 0 Å². The van der Waals surface area contributed by atoms with E-state index in [0.29, 0.717) is 11.5 Å². The van der Waals surface area contributed by atoms with Crippen molar-refractivity contribution in [2.24, 2.45) is 0 Å². The average molecular weight is 495 g/mol. The zero-order valence-corrected chi connectivity index (χ0v) is 25.4. The minimum absolute atomic E-state index is 0.0114. The summed E-state index contributed by atoms with van der Waals surface area (Å²) in [5.41, 5.74) is 7.21. The lowest BCUT2D eigenvalue weighted by Crippen LogP contribution is -2.27. The van der Waals surface area contributed by atoms with Gasteiger partial charge in [0.05, 0.1) is 0 Å². The van der Waals surface area contributed by atoms with Crippen LogP contribution in [0.5, 0.6) is 11.5 Å². The van der Waals surface area contributed by atoms with E-state index in [1.807, 2.05) is 12.1 Å². The van der Waals surface area contributed by atoms with Crippen molar-refractivity contribution in [1.29, 1.82) is 0 Å². The molecular weight excluding hydrogens is 440 g/mol. The molecule has 0 fully saturated rings. The van der Waals surface area contributed by atoms with Crippen LogP contribution in [0.1, 0.15) is 142 Å². The lowest BCUT2D eigenvalue weighted by atomic mass is 9.69. The molecule has 0 aliphatic rings. The molecule has 0 heterocycles. The zero-order chi connectivity index (χ0) is 27.7. The second-order valence-electron chi connectivity index (χ2n) is 13.4. The third-order valence-corrected chi connectivity index (χ3v) is 9.55. The van der Waals surface area contributed by atoms with Crippen molar-refractivity contribution in [3.8, 4) is 11.5 Å². The van der Waals surface area contributed by atoms with E-state index in [-0.39, 0.29) is 21.7 Å². The fourth-order valence-corrected chi connectivity index (χ4v) is 5.55. The van der Waals surface area contributed by atoms with Gasteiger partial charge in [-0.05, 0) is 94.6 Å². The third kappa shape index (κ3) is 5.79. The topological polar surface area (TPSA) is 40.5 Å². The van der Waals surface area contributed by atoms with Gasteiger partial charge in [0, 0.05) is 11.1 Å². The van der Waals surface area contributed by atoms with E-state index in [0.717, 1.165) is 49.7 Å². The third-order valence-electron chi connectivity index (χ3n) is 9.55. The highest BCUT2D eigenvalue weighted by atomic mass is 16.3. The molecule has 0 unspecified atom stereocenters. The fraction of sp³-hybridized carbons (Fsp3) is 0.647. The summed E-state index contributed by atoms with van der Waals surface area (Å²) in [6, 6.07) is 8.13. The van der Waals surface area contributed by atoms with Crippen LogP contribution >= 0.6 is 0 Å². The van der Waals surface area contributed by atoms with Gasteiger partial charge in [0.2, 0.25) is 0 Å².